The molecule has 0 aliphatic heterocycles. The number of hydrogen-bond donors (Lipinski definition) is 2. The zero-order chi connectivity index (χ0) is 20.1. The lowest BCUT2D eigenvalue weighted by molar-refractivity contribution is -0.140. The van der Waals surface area contributed by atoms with Gasteiger partial charge in [-0.15, -0.1) is 0 Å². The SMILES string of the molecule is COC(=O)CCCCCCC1C(=O)CC(O)C1/C=C/C(O)C1CC2(CCC2)C1. The van der Waals surface area contributed by atoms with E-state index in [9.17, 15) is 19.8 Å². The Morgan fingerprint density at radius 3 is 2.61 bits per heavy atom. The van der Waals surface area contributed by atoms with Crippen LogP contribution in [0.25, 0.3) is 0 Å². The molecule has 3 saturated carbocycles. The van der Waals surface area contributed by atoms with E-state index < -0.39 is 12.2 Å². The third-order valence-corrected chi connectivity index (χ3v) is 7.42. The number of carbonyl (C=O) groups excluding carboxylic acids is 2. The minimum atomic E-state index is -0.625. The molecule has 0 saturated heterocycles. The van der Waals surface area contributed by atoms with Crippen LogP contribution in [-0.2, 0) is 14.3 Å². The Kier molecular flexibility index (Phi) is 7.32. The molecule has 158 valence electrons. The van der Waals surface area contributed by atoms with Crippen molar-refractivity contribution in [2.45, 2.75) is 89.3 Å². The molecule has 3 aliphatic carbocycles. The molecule has 28 heavy (non-hydrogen) atoms. The van der Waals surface area contributed by atoms with Gasteiger partial charge in [-0.25, -0.2) is 0 Å². The van der Waals surface area contributed by atoms with Crippen molar-refractivity contribution in [3.8, 4) is 0 Å². The molecule has 2 N–H and O–H groups in total. The molecular formula is C23H36O5. The minimum absolute atomic E-state index is 0.140. The first-order valence-electron chi connectivity index (χ1n) is 11.1. The van der Waals surface area contributed by atoms with Crippen molar-refractivity contribution in [1.29, 1.82) is 0 Å². The highest BCUT2D eigenvalue weighted by Gasteiger charge is 2.49. The summed E-state index contributed by atoms with van der Waals surface area (Å²) in [7, 11) is 1.40. The highest BCUT2D eigenvalue weighted by atomic mass is 16.5. The predicted molar refractivity (Wildman–Crippen MR) is 106 cm³/mol. The van der Waals surface area contributed by atoms with Gasteiger partial charge in [-0.05, 0) is 49.9 Å². The third-order valence-electron chi connectivity index (χ3n) is 7.42. The number of aliphatic hydroxyl groups is 2. The van der Waals surface area contributed by atoms with Crippen LogP contribution in [0.5, 0.6) is 0 Å². The second kappa shape index (κ2) is 9.53. The Labute approximate surface area is 168 Å². The molecule has 0 amide bonds. The first-order chi connectivity index (χ1) is 13.4. The van der Waals surface area contributed by atoms with Crippen molar-refractivity contribution in [2.24, 2.45) is 23.2 Å². The van der Waals surface area contributed by atoms with Gasteiger partial charge in [-0.2, -0.15) is 0 Å². The molecule has 1 spiro atoms. The Hall–Kier alpha value is -1.20. The molecule has 0 radical (unpaired) electrons. The van der Waals surface area contributed by atoms with Crippen LogP contribution in [0, 0.1) is 23.2 Å². The number of methoxy groups -OCH3 is 1. The second-order valence-corrected chi connectivity index (χ2v) is 9.35. The average molecular weight is 393 g/mol. The number of ketones is 1. The number of ether oxygens (including phenoxy) is 1. The van der Waals surface area contributed by atoms with Gasteiger partial charge < -0.3 is 14.9 Å². The van der Waals surface area contributed by atoms with E-state index in [0.29, 0.717) is 17.8 Å². The molecule has 3 fully saturated rings. The maximum absolute atomic E-state index is 12.3. The molecule has 4 unspecified atom stereocenters. The number of hydrogen-bond acceptors (Lipinski definition) is 5. The fraction of sp³-hybridized carbons (Fsp3) is 0.826. The van der Waals surface area contributed by atoms with Gasteiger partial charge in [0.05, 0.1) is 19.3 Å². The van der Waals surface area contributed by atoms with Crippen molar-refractivity contribution >= 4 is 11.8 Å². The van der Waals surface area contributed by atoms with Gasteiger partial charge in [-0.1, -0.05) is 37.8 Å². The summed E-state index contributed by atoms with van der Waals surface area (Å²) in [6, 6.07) is 0. The van der Waals surface area contributed by atoms with Crippen LogP contribution in [0.3, 0.4) is 0 Å². The topological polar surface area (TPSA) is 83.8 Å². The van der Waals surface area contributed by atoms with Gasteiger partial charge >= 0.3 is 5.97 Å². The normalized spacial score (nSPS) is 30.4. The van der Waals surface area contributed by atoms with Crippen molar-refractivity contribution in [1.82, 2.24) is 0 Å². The van der Waals surface area contributed by atoms with E-state index in [1.54, 1.807) is 0 Å². The maximum Gasteiger partial charge on any atom is 0.305 e. The summed E-state index contributed by atoms with van der Waals surface area (Å²) in [5.74, 6) is 0.00301. The van der Waals surface area contributed by atoms with Crippen LogP contribution >= 0.6 is 0 Å². The molecule has 0 aromatic heterocycles. The largest absolute Gasteiger partial charge is 0.469 e. The fourth-order valence-electron chi connectivity index (χ4n) is 5.46. The standard InChI is InChI=1S/C23H36O5/c1-28-22(27)8-5-3-2-4-7-17-18(21(26)13-20(17)25)9-10-19(24)16-14-23(15-16)11-6-12-23/h9-10,16-19,21,24,26H,2-8,11-15H2,1H3/b10-9+. The minimum Gasteiger partial charge on any atom is -0.469 e. The Bertz CT molecular complexity index is 572. The zero-order valence-corrected chi connectivity index (χ0v) is 17.1. The number of esters is 1. The van der Waals surface area contributed by atoms with Crippen LogP contribution in [0.15, 0.2) is 12.2 Å². The molecule has 3 rings (SSSR count). The van der Waals surface area contributed by atoms with E-state index in [4.69, 9.17) is 0 Å². The summed E-state index contributed by atoms with van der Waals surface area (Å²) in [6.07, 6.45) is 14.0. The van der Waals surface area contributed by atoms with Crippen LogP contribution in [0.1, 0.15) is 77.0 Å². The first-order valence-corrected chi connectivity index (χ1v) is 11.1. The van der Waals surface area contributed by atoms with E-state index in [0.717, 1.165) is 44.9 Å². The summed E-state index contributed by atoms with van der Waals surface area (Å²) >= 11 is 0. The number of unbranched alkanes of at least 4 members (excludes halogenated alkanes) is 3. The molecule has 0 heterocycles. The second-order valence-electron chi connectivity index (χ2n) is 9.35. The Morgan fingerprint density at radius 1 is 1.25 bits per heavy atom. The van der Waals surface area contributed by atoms with Gasteiger partial charge in [0.25, 0.3) is 0 Å². The van der Waals surface area contributed by atoms with E-state index >= 15 is 0 Å². The zero-order valence-electron chi connectivity index (χ0n) is 17.1. The van der Waals surface area contributed by atoms with Crippen LogP contribution in [0.2, 0.25) is 0 Å². The molecule has 0 aromatic carbocycles. The van der Waals surface area contributed by atoms with Crippen molar-refractivity contribution in [3.05, 3.63) is 12.2 Å². The summed E-state index contributed by atoms with van der Waals surface area (Å²) in [4.78, 5) is 23.4. The molecule has 0 aromatic rings. The maximum atomic E-state index is 12.3. The molecular weight excluding hydrogens is 356 g/mol. The molecule has 5 nitrogen and oxygen atoms in total. The summed E-state index contributed by atoms with van der Waals surface area (Å²) in [5, 5.41) is 20.8. The Morgan fingerprint density at radius 2 is 1.96 bits per heavy atom. The third kappa shape index (κ3) is 5.04. The number of rotatable bonds is 10. The van der Waals surface area contributed by atoms with E-state index in [-0.39, 0.29) is 30.0 Å². The van der Waals surface area contributed by atoms with E-state index in [2.05, 4.69) is 4.74 Å². The van der Waals surface area contributed by atoms with Crippen molar-refractivity contribution in [3.63, 3.8) is 0 Å². The van der Waals surface area contributed by atoms with E-state index in [1.165, 1.54) is 26.4 Å². The summed E-state index contributed by atoms with van der Waals surface area (Å²) in [5.41, 5.74) is 0.540. The van der Waals surface area contributed by atoms with Crippen molar-refractivity contribution < 1.29 is 24.5 Å². The van der Waals surface area contributed by atoms with Gasteiger partial charge in [-0.3, -0.25) is 9.59 Å². The van der Waals surface area contributed by atoms with Gasteiger partial charge in [0.1, 0.15) is 5.78 Å². The van der Waals surface area contributed by atoms with Gasteiger partial charge in [0, 0.05) is 24.7 Å². The quantitative estimate of drug-likeness (QED) is 0.337. The molecule has 0 bridgehead atoms. The van der Waals surface area contributed by atoms with Crippen LogP contribution in [0.4, 0.5) is 0 Å². The molecule has 4 atom stereocenters. The average Bonchev–Trinajstić information content (AvgIpc) is 2.86. The van der Waals surface area contributed by atoms with Gasteiger partial charge in [0.2, 0.25) is 0 Å². The van der Waals surface area contributed by atoms with Crippen molar-refractivity contribution in [2.75, 3.05) is 7.11 Å². The molecule has 3 aliphatic rings. The molecule has 5 heteroatoms. The predicted octanol–water partition coefficient (Wildman–Crippen LogP) is 3.56. The fourth-order valence-corrected chi connectivity index (χ4v) is 5.46. The van der Waals surface area contributed by atoms with Crippen LogP contribution in [-0.4, -0.2) is 41.3 Å². The highest BCUT2D eigenvalue weighted by molar-refractivity contribution is 5.84. The first kappa shape index (κ1) is 21.5. The number of carbonyl (C=O) groups is 2. The summed E-state index contributed by atoms with van der Waals surface area (Å²) < 4.78 is 4.63. The smallest absolute Gasteiger partial charge is 0.305 e. The monoisotopic (exact) mass is 392 g/mol. The number of Topliss-reactive ketones (excluding diaryl/α,β-unsaturated/α-hetero) is 1. The summed E-state index contributed by atoms with van der Waals surface area (Å²) in [6.45, 7) is 0. The Balaban J connectivity index is 1.40. The lowest BCUT2D eigenvalue weighted by atomic mass is 9.51. The van der Waals surface area contributed by atoms with Gasteiger partial charge in [0.15, 0.2) is 0 Å². The highest BCUT2D eigenvalue weighted by Crippen LogP contribution is 2.59. The van der Waals surface area contributed by atoms with E-state index in [1.807, 2.05) is 12.2 Å². The lowest BCUT2D eigenvalue weighted by Crippen LogP contribution is -2.46. The number of aliphatic hydroxyl groups excluding tert-OH is 2. The van der Waals surface area contributed by atoms with Crippen LogP contribution < -0.4 is 0 Å². The lowest BCUT2D eigenvalue weighted by Gasteiger charge is -2.55.